The number of anilines is 1. The summed E-state index contributed by atoms with van der Waals surface area (Å²) >= 11 is 0. The van der Waals surface area contributed by atoms with Gasteiger partial charge in [0.1, 0.15) is 23.8 Å². The first-order valence-corrected chi connectivity index (χ1v) is 7.44. The van der Waals surface area contributed by atoms with Crippen LogP contribution in [-0.4, -0.2) is 30.8 Å². The maximum Gasteiger partial charge on any atom is 0.269 e. The predicted molar refractivity (Wildman–Crippen MR) is 87.2 cm³/mol. The maximum atomic E-state index is 12.7. The number of phenolic OH excluding ortho intramolecular Hbond substituents is 1. The van der Waals surface area contributed by atoms with Crippen molar-refractivity contribution >= 4 is 11.6 Å². The summed E-state index contributed by atoms with van der Waals surface area (Å²) in [7, 11) is 1.57. The molecule has 1 heterocycles. The summed E-state index contributed by atoms with van der Waals surface area (Å²) in [4.78, 5) is 14.1. The summed E-state index contributed by atoms with van der Waals surface area (Å²) in [5.41, 5.74) is 1.31. The van der Waals surface area contributed by atoms with Crippen LogP contribution < -0.4 is 14.4 Å². The zero-order valence-electron chi connectivity index (χ0n) is 13.1. The summed E-state index contributed by atoms with van der Waals surface area (Å²) in [5.74, 6) is 0.795. The van der Waals surface area contributed by atoms with Gasteiger partial charge in [0.15, 0.2) is 6.10 Å². The highest BCUT2D eigenvalue weighted by molar-refractivity contribution is 6.00. The van der Waals surface area contributed by atoms with Crippen molar-refractivity contribution in [1.82, 2.24) is 0 Å². The van der Waals surface area contributed by atoms with Crippen LogP contribution in [0, 0.1) is 11.3 Å². The van der Waals surface area contributed by atoms with Gasteiger partial charge in [-0.3, -0.25) is 9.69 Å². The number of nitriles is 1. The molecule has 6 nitrogen and oxygen atoms in total. The number of nitrogens with zero attached hydrogens (tertiary/aromatic N) is 2. The van der Waals surface area contributed by atoms with Crippen molar-refractivity contribution in [3.63, 3.8) is 0 Å². The number of hydrogen-bond donors (Lipinski definition) is 1. The number of benzene rings is 2. The van der Waals surface area contributed by atoms with Crippen LogP contribution >= 0.6 is 0 Å². The van der Waals surface area contributed by atoms with Crippen LogP contribution in [0.5, 0.6) is 17.2 Å². The number of rotatable bonds is 4. The van der Waals surface area contributed by atoms with Crippen LogP contribution in [0.2, 0.25) is 0 Å². The maximum absolute atomic E-state index is 12.7. The molecular formula is C18H16N2O4. The molecule has 0 aliphatic carbocycles. The molecule has 1 amide bonds. The van der Waals surface area contributed by atoms with Crippen molar-refractivity contribution in [2.45, 2.75) is 12.5 Å². The molecule has 6 heteroatoms. The average Bonchev–Trinajstić information content (AvgIpc) is 2.59. The summed E-state index contributed by atoms with van der Waals surface area (Å²) < 4.78 is 11.1. The molecule has 0 spiro atoms. The van der Waals surface area contributed by atoms with Crippen molar-refractivity contribution in [2.24, 2.45) is 0 Å². The summed E-state index contributed by atoms with van der Waals surface area (Å²) in [6.45, 7) is -0.0810. The third-order valence-electron chi connectivity index (χ3n) is 3.87. The Balaban J connectivity index is 1.95. The Morgan fingerprint density at radius 3 is 2.88 bits per heavy atom. The van der Waals surface area contributed by atoms with E-state index in [-0.39, 0.29) is 18.2 Å². The van der Waals surface area contributed by atoms with E-state index in [2.05, 4.69) is 0 Å². The van der Waals surface area contributed by atoms with Gasteiger partial charge in [-0.1, -0.05) is 18.2 Å². The molecule has 2 aromatic carbocycles. The van der Waals surface area contributed by atoms with Gasteiger partial charge in [-0.2, -0.15) is 5.26 Å². The van der Waals surface area contributed by atoms with Crippen LogP contribution in [0.3, 0.4) is 0 Å². The second-order valence-corrected chi connectivity index (χ2v) is 5.36. The number of carbonyl (C=O) groups is 1. The number of hydrogen-bond acceptors (Lipinski definition) is 5. The SMILES string of the molecule is COc1ccccc1CC1Oc2cc(O)ccc2N(CC#N)C1=O. The molecular weight excluding hydrogens is 308 g/mol. The Kier molecular flexibility index (Phi) is 4.25. The first kappa shape index (κ1) is 15.7. The third kappa shape index (κ3) is 2.84. The van der Waals surface area contributed by atoms with E-state index >= 15 is 0 Å². The fourth-order valence-electron chi connectivity index (χ4n) is 2.75. The molecule has 3 rings (SSSR count). The molecule has 0 radical (unpaired) electrons. The molecule has 1 aliphatic heterocycles. The Labute approximate surface area is 139 Å². The molecule has 0 fully saturated rings. The van der Waals surface area contributed by atoms with Gasteiger partial charge >= 0.3 is 0 Å². The van der Waals surface area contributed by atoms with Gasteiger partial charge < -0.3 is 14.6 Å². The number of fused-ring (bicyclic) bond motifs is 1. The normalized spacial score (nSPS) is 16.1. The first-order valence-electron chi connectivity index (χ1n) is 7.44. The van der Waals surface area contributed by atoms with Gasteiger partial charge in [-0.05, 0) is 23.8 Å². The van der Waals surface area contributed by atoms with Gasteiger partial charge in [-0.15, -0.1) is 0 Å². The lowest BCUT2D eigenvalue weighted by Crippen LogP contribution is -2.47. The van der Waals surface area contributed by atoms with E-state index < -0.39 is 6.10 Å². The second-order valence-electron chi connectivity index (χ2n) is 5.36. The van der Waals surface area contributed by atoms with E-state index in [0.29, 0.717) is 23.6 Å². The molecule has 0 aromatic heterocycles. The number of methoxy groups -OCH3 is 1. The van der Waals surface area contributed by atoms with Crippen LogP contribution in [0.1, 0.15) is 5.56 Å². The van der Waals surface area contributed by atoms with Crippen LogP contribution in [-0.2, 0) is 11.2 Å². The Morgan fingerprint density at radius 2 is 2.12 bits per heavy atom. The van der Waals surface area contributed by atoms with Crippen molar-refractivity contribution in [2.75, 3.05) is 18.6 Å². The van der Waals surface area contributed by atoms with Crippen molar-refractivity contribution in [3.8, 4) is 23.3 Å². The predicted octanol–water partition coefficient (Wildman–Crippen LogP) is 2.26. The highest BCUT2D eigenvalue weighted by Gasteiger charge is 2.35. The lowest BCUT2D eigenvalue weighted by molar-refractivity contribution is -0.126. The molecule has 1 aliphatic rings. The fourth-order valence-corrected chi connectivity index (χ4v) is 2.75. The number of ether oxygens (including phenoxy) is 2. The van der Waals surface area contributed by atoms with E-state index in [1.165, 1.54) is 17.0 Å². The second kappa shape index (κ2) is 6.50. The topological polar surface area (TPSA) is 82.8 Å². The molecule has 0 saturated heterocycles. The lowest BCUT2D eigenvalue weighted by atomic mass is 10.0. The van der Waals surface area contributed by atoms with E-state index in [9.17, 15) is 9.90 Å². The van der Waals surface area contributed by atoms with Crippen LogP contribution in [0.4, 0.5) is 5.69 Å². The van der Waals surface area contributed by atoms with E-state index in [4.69, 9.17) is 14.7 Å². The van der Waals surface area contributed by atoms with Gasteiger partial charge in [0.25, 0.3) is 5.91 Å². The van der Waals surface area contributed by atoms with Crippen molar-refractivity contribution in [1.29, 1.82) is 5.26 Å². The minimum Gasteiger partial charge on any atom is -0.508 e. The van der Waals surface area contributed by atoms with Crippen molar-refractivity contribution < 1.29 is 19.4 Å². The van der Waals surface area contributed by atoms with E-state index in [1.54, 1.807) is 13.2 Å². The molecule has 24 heavy (non-hydrogen) atoms. The largest absolute Gasteiger partial charge is 0.508 e. The first-order chi connectivity index (χ1) is 11.6. The summed E-state index contributed by atoms with van der Waals surface area (Å²) in [6.07, 6.45) is -0.483. The zero-order chi connectivity index (χ0) is 17.1. The molecule has 1 atom stereocenters. The molecule has 0 saturated carbocycles. The smallest absolute Gasteiger partial charge is 0.269 e. The van der Waals surface area contributed by atoms with Crippen molar-refractivity contribution in [3.05, 3.63) is 48.0 Å². The molecule has 1 N–H and O–H groups in total. The number of carbonyl (C=O) groups excluding carboxylic acids is 1. The highest BCUT2D eigenvalue weighted by Crippen LogP contribution is 2.37. The number of phenols is 1. The minimum absolute atomic E-state index is 0.0380. The van der Waals surface area contributed by atoms with Gasteiger partial charge in [0.2, 0.25) is 0 Å². The van der Waals surface area contributed by atoms with Gasteiger partial charge in [0, 0.05) is 12.5 Å². The lowest BCUT2D eigenvalue weighted by Gasteiger charge is -2.33. The van der Waals surface area contributed by atoms with Gasteiger partial charge in [0.05, 0.1) is 18.9 Å². The quantitative estimate of drug-likeness (QED) is 0.872. The Morgan fingerprint density at radius 1 is 1.33 bits per heavy atom. The summed E-state index contributed by atoms with van der Waals surface area (Å²) in [6, 6.07) is 13.9. The van der Waals surface area contributed by atoms with E-state index in [1.807, 2.05) is 30.3 Å². The van der Waals surface area contributed by atoms with Crippen LogP contribution in [0.25, 0.3) is 0 Å². The highest BCUT2D eigenvalue weighted by atomic mass is 16.5. The third-order valence-corrected chi connectivity index (χ3v) is 3.87. The fraction of sp³-hybridized carbons (Fsp3) is 0.222. The zero-order valence-corrected chi connectivity index (χ0v) is 13.1. The standard InChI is InChI=1S/C18H16N2O4/c1-23-15-5-3-2-4-12(15)10-17-18(22)20(9-8-19)14-7-6-13(21)11-16(14)24-17/h2-7,11,17,21H,9-10H2,1H3. The molecule has 1 unspecified atom stereocenters. The number of para-hydroxylation sites is 1. The minimum atomic E-state index is -0.788. The Bertz CT molecular complexity index is 813. The number of aromatic hydroxyl groups is 1. The Hall–Kier alpha value is -3.20. The molecule has 2 aromatic rings. The van der Waals surface area contributed by atoms with Gasteiger partial charge in [-0.25, -0.2) is 0 Å². The molecule has 0 bridgehead atoms. The summed E-state index contributed by atoms with van der Waals surface area (Å²) in [5, 5.41) is 18.7. The number of amides is 1. The average molecular weight is 324 g/mol. The van der Waals surface area contributed by atoms with Crippen LogP contribution in [0.15, 0.2) is 42.5 Å². The van der Waals surface area contributed by atoms with E-state index in [0.717, 1.165) is 5.56 Å². The molecule has 122 valence electrons. The monoisotopic (exact) mass is 324 g/mol.